The molecule has 1 aliphatic rings. The Labute approximate surface area is 200 Å². The van der Waals surface area contributed by atoms with E-state index < -0.39 is 19.7 Å². The summed E-state index contributed by atoms with van der Waals surface area (Å²) in [5.74, 6) is -1.37. The van der Waals surface area contributed by atoms with Crippen LogP contribution in [0.4, 0.5) is 0 Å². The number of nitrogens with zero attached hydrogens (tertiary/aromatic N) is 1. The average molecular weight is 494 g/mol. The third kappa shape index (κ3) is 5.73. The number of benzene rings is 2. The Morgan fingerprint density at radius 2 is 1.78 bits per heavy atom. The fourth-order valence-electron chi connectivity index (χ4n) is 4.60. The van der Waals surface area contributed by atoms with Gasteiger partial charge in [0.15, 0.2) is 8.32 Å². The maximum atomic E-state index is 13.7. The Morgan fingerprint density at radius 3 is 2.34 bits per heavy atom. The number of likely N-dealkylation sites (tertiary alicyclic amines) is 1. The molecule has 8 heteroatoms. The van der Waals surface area contributed by atoms with Crippen LogP contribution < -0.4 is 0 Å². The zero-order chi connectivity index (χ0) is 23.7. The lowest BCUT2D eigenvalue weighted by molar-refractivity contribution is -0.157. The summed E-state index contributed by atoms with van der Waals surface area (Å²) in [6.45, 7) is 5.76. The lowest BCUT2D eigenvalue weighted by Gasteiger charge is -2.49. The van der Waals surface area contributed by atoms with E-state index in [-0.39, 0.29) is 24.3 Å². The standard InChI is InChI=1S/C24H29Cl2NO4Si/c1-24(15-21(28)29)14-20(17-5-4-6-19(26)13-17)22(16-7-9-18(25)10-8-16)27(23(24)30)11-12-32(2,3)31/h4-10,13,20,22,31H,11-12,14-15H2,1-3H3,(H,28,29)/t20-,22?,24-/m1/s1. The zero-order valence-corrected chi connectivity index (χ0v) is 21.0. The van der Waals surface area contributed by atoms with Gasteiger partial charge in [-0.25, -0.2) is 0 Å². The summed E-state index contributed by atoms with van der Waals surface area (Å²) >= 11 is 12.4. The lowest BCUT2D eigenvalue weighted by atomic mass is 9.67. The summed E-state index contributed by atoms with van der Waals surface area (Å²) in [6, 6.07) is 15.1. The first kappa shape index (κ1) is 24.8. The van der Waals surface area contributed by atoms with Gasteiger partial charge in [-0.15, -0.1) is 0 Å². The van der Waals surface area contributed by atoms with Crippen molar-refractivity contribution < 1.29 is 19.5 Å². The summed E-state index contributed by atoms with van der Waals surface area (Å²) in [4.78, 5) is 37.7. The van der Waals surface area contributed by atoms with Gasteiger partial charge in [0.2, 0.25) is 5.91 Å². The fraction of sp³-hybridized carbons (Fsp3) is 0.417. The number of carboxylic acid groups (broad SMARTS) is 1. The molecule has 172 valence electrons. The minimum absolute atomic E-state index is 0.166. The SMILES string of the molecule is C[C@]1(CC(=O)O)C[C@H](c2cccc(Cl)c2)C(c2ccc(Cl)cc2)N(CC[Si](C)(C)O)C1=O. The highest BCUT2D eigenvalue weighted by Gasteiger charge is 2.50. The van der Waals surface area contributed by atoms with Crippen molar-refractivity contribution in [3.05, 3.63) is 69.7 Å². The van der Waals surface area contributed by atoms with E-state index in [0.717, 1.165) is 11.1 Å². The Balaban J connectivity index is 2.15. The van der Waals surface area contributed by atoms with Crippen molar-refractivity contribution >= 4 is 43.4 Å². The van der Waals surface area contributed by atoms with Gasteiger partial charge in [-0.3, -0.25) is 9.59 Å². The molecule has 3 atom stereocenters. The van der Waals surface area contributed by atoms with Gasteiger partial charge >= 0.3 is 5.97 Å². The Kier molecular flexibility index (Phi) is 7.40. The zero-order valence-electron chi connectivity index (χ0n) is 18.5. The van der Waals surface area contributed by atoms with Crippen LogP contribution in [0.25, 0.3) is 0 Å². The van der Waals surface area contributed by atoms with Crippen LogP contribution in [0.5, 0.6) is 0 Å². The van der Waals surface area contributed by atoms with Crippen LogP contribution in [0.15, 0.2) is 48.5 Å². The van der Waals surface area contributed by atoms with Gasteiger partial charge in [-0.05, 0) is 61.0 Å². The normalized spacial score (nSPS) is 23.9. The van der Waals surface area contributed by atoms with E-state index in [1.54, 1.807) is 30.0 Å². The molecule has 0 saturated carbocycles. The van der Waals surface area contributed by atoms with Gasteiger partial charge in [0.05, 0.1) is 17.9 Å². The van der Waals surface area contributed by atoms with Gasteiger partial charge in [0, 0.05) is 22.5 Å². The molecule has 3 rings (SSSR count). The number of aliphatic carboxylic acids is 1. The highest BCUT2D eigenvalue weighted by Crippen LogP contribution is 2.51. The van der Waals surface area contributed by atoms with E-state index >= 15 is 0 Å². The molecule has 0 aliphatic carbocycles. The van der Waals surface area contributed by atoms with Crippen molar-refractivity contribution in [3.8, 4) is 0 Å². The number of hydrogen-bond donors (Lipinski definition) is 2. The summed E-state index contributed by atoms with van der Waals surface area (Å²) in [5, 5.41) is 10.8. The molecular formula is C24H29Cl2NO4Si. The van der Waals surface area contributed by atoms with E-state index in [1.807, 2.05) is 43.4 Å². The van der Waals surface area contributed by atoms with Gasteiger partial charge in [-0.1, -0.05) is 54.4 Å². The third-order valence-corrected chi connectivity index (χ3v) is 8.09. The predicted octanol–water partition coefficient (Wildman–Crippen LogP) is 5.73. The molecule has 1 amide bonds. The number of piperidine rings is 1. The second-order valence-corrected chi connectivity index (χ2v) is 14.6. The Bertz CT molecular complexity index is 992. The van der Waals surface area contributed by atoms with E-state index in [0.29, 0.717) is 29.1 Å². The molecule has 0 radical (unpaired) electrons. The predicted molar refractivity (Wildman–Crippen MR) is 130 cm³/mol. The van der Waals surface area contributed by atoms with E-state index in [1.165, 1.54) is 0 Å². The molecule has 2 N–H and O–H groups in total. The molecule has 0 aromatic heterocycles. The van der Waals surface area contributed by atoms with Crippen LogP contribution in [-0.2, 0) is 9.59 Å². The van der Waals surface area contributed by atoms with E-state index in [9.17, 15) is 19.5 Å². The van der Waals surface area contributed by atoms with Crippen LogP contribution in [0, 0.1) is 5.41 Å². The number of carbonyl (C=O) groups excluding carboxylic acids is 1. The number of carboxylic acids is 1. The minimum Gasteiger partial charge on any atom is -0.481 e. The number of hydrogen-bond acceptors (Lipinski definition) is 3. The summed E-state index contributed by atoms with van der Waals surface area (Å²) < 4.78 is 0. The average Bonchev–Trinajstić information content (AvgIpc) is 2.68. The van der Waals surface area contributed by atoms with Crippen LogP contribution in [0.1, 0.15) is 42.9 Å². The molecule has 2 aromatic rings. The van der Waals surface area contributed by atoms with Crippen molar-refractivity contribution in [2.45, 2.75) is 50.9 Å². The van der Waals surface area contributed by atoms with E-state index in [2.05, 4.69) is 0 Å². The van der Waals surface area contributed by atoms with Crippen LogP contribution in [-0.4, -0.2) is 41.5 Å². The maximum Gasteiger partial charge on any atom is 0.304 e. The molecule has 1 saturated heterocycles. The van der Waals surface area contributed by atoms with Gasteiger partial charge in [0.25, 0.3) is 0 Å². The van der Waals surface area contributed by atoms with Crippen LogP contribution in [0.3, 0.4) is 0 Å². The third-order valence-electron chi connectivity index (χ3n) is 6.16. The first-order chi connectivity index (χ1) is 14.9. The summed E-state index contributed by atoms with van der Waals surface area (Å²) in [5.41, 5.74) is 0.803. The molecule has 0 bridgehead atoms. The highest BCUT2D eigenvalue weighted by atomic mass is 35.5. The Hall–Kier alpha value is -1.86. The highest BCUT2D eigenvalue weighted by molar-refractivity contribution is 6.69. The molecule has 32 heavy (non-hydrogen) atoms. The second-order valence-electron chi connectivity index (χ2n) is 9.55. The number of carbonyl (C=O) groups is 2. The van der Waals surface area contributed by atoms with Crippen molar-refractivity contribution in [1.82, 2.24) is 4.90 Å². The molecule has 2 aromatic carbocycles. The smallest absolute Gasteiger partial charge is 0.304 e. The summed E-state index contributed by atoms with van der Waals surface area (Å²) in [6.07, 6.45) is 0.120. The first-order valence-corrected chi connectivity index (χ1v) is 14.6. The van der Waals surface area contributed by atoms with Gasteiger partial charge in [-0.2, -0.15) is 0 Å². The van der Waals surface area contributed by atoms with Crippen LogP contribution >= 0.6 is 23.2 Å². The number of halogens is 2. The topological polar surface area (TPSA) is 77.8 Å². The molecule has 1 fully saturated rings. The number of rotatable bonds is 7. The lowest BCUT2D eigenvalue weighted by Crippen LogP contribution is -2.53. The molecule has 5 nitrogen and oxygen atoms in total. The van der Waals surface area contributed by atoms with Crippen molar-refractivity contribution in [2.75, 3.05) is 6.54 Å². The summed E-state index contributed by atoms with van der Waals surface area (Å²) in [7, 11) is -2.45. The molecule has 0 spiro atoms. The van der Waals surface area contributed by atoms with Crippen molar-refractivity contribution in [1.29, 1.82) is 0 Å². The Morgan fingerprint density at radius 1 is 1.12 bits per heavy atom. The molecule has 1 unspecified atom stereocenters. The van der Waals surface area contributed by atoms with Gasteiger partial charge < -0.3 is 14.8 Å². The quantitative estimate of drug-likeness (QED) is 0.482. The number of amides is 1. The molecule has 1 aliphatic heterocycles. The van der Waals surface area contributed by atoms with E-state index in [4.69, 9.17) is 23.2 Å². The van der Waals surface area contributed by atoms with Gasteiger partial charge in [0.1, 0.15) is 0 Å². The molecular weight excluding hydrogens is 465 g/mol. The maximum absolute atomic E-state index is 13.7. The largest absolute Gasteiger partial charge is 0.481 e. The minimum atomic E-state index is -2.45. The second kappa shape index (κ2) is 9.55. The van der Waals surface area contributed by atoms with Crippen LogP contribution in [0.2, 0.25) is 29.2 Å². The monoisotopic (exact) mass is 493 g/mol. The van der Waals surface area contributed by atoms with Crippen molar-refractivity contribution in [3.63, 3.8) is 0 Å². The molecule has 1 heterocycles. The fourth-order valence-corrected chi connectivity index (χ4v) is 5.71. The van der Waals surface area contributed by atoms with Crippen molar-refractivity contribution in [2.24, 2.45) is 5.41 Å². The first-order valence-electron chi connectivity index (χ1n) is 10.7.